The smallest absolute Gasteiger partial charge is 0.410 e. The van der Waals surface area contributed by atoms with Crippen LogP contribution in [0.15, 0.2) is 35.9 Å². The summed E-state index contributed by atoms with van der Waals surface area (Å²) in [5.41, 5.74) is 2.18. The lowest BCUT2D eigenvalue weighted by Gasteiger charge is -2.30. The van der Waals surface area contributed by atoms with Gasteiger partial charge in [0.1, 0.15) is 12.8 Å². The lowest BCUT2D eigenvalue weighted by Crippen LogP contribution is -2.42. The Morgan fingerprint density at radius 1 is 1.41 bits per heavy atom. The number of aliphatic carboxylic acids is 1. The van der Waals surface area contributed by atoms with Crippen LogP contribution in [0.25, 0.3) is 0 Å². The maximum atomic E-state index is 13.8. The monoisotopic (exact) mass is 307 g/mol. The molecular formula is C16H18FNO4. The Kier molecular flexibility index (Phi) is 5.14. The molecule has 0 radical (unpaired) electrons. The second kappa shape index (κ2) is 7.06. The molecule has 1 aromatic rings. The van der Waals surface area contributed by atoms with Crippen molar-refractivity contribution in [1.29, 1.82) is 0 Å². The SMILES string of the molecule is Cc1ccc(COC(=O)N2CC/C(=C\C(=O)O)C(F)C2)cc1. The molecule has 1 atom stereocenters. The molecule has 1 aliphatic heterocycles. The molecule has 1 unspecified atom stereocenters. The van der Waals surface area contributed by atoms with E-state index >= 15 is 0 Å². The number of hydrogen-bond donors (Lipinski definition) is 1. The van der Waals surface area contributed by atoms with Gasteiger partial charge in [-0.15, -0.1) is 0 Å². The minimum atomic E-state index is -1.46. The van der Waals surface area contributed by atoms with Crippen molar-refractivity contribution in [3.05, 3.63) is 47.0 Å². The molecule has 1 N–H and O–H groups in total. The van der Waals surface area contributed by atoms with Crippen LogP contribution in [0.4, 0.5) is 9.18 Å². The molecule has 118 valence electrons. The molecule has 0 saturated carbocycles. The minimum Gasteiger partial charge on any atom is -0.478 e. The molecule has 2 rings (SSSR count). The molecule has 0 spiro atoms. The predicted octanol–water partition coefficient (Wildman–Crippen LogP) is 2.69. The number of carboxylic acid groups (broad SMARTS) is 1. The van der Waals surface area contributed by atoms with Gasteiger partial charge >= 0.3 is 12.1 Å². The maximum absolute atomic E-state index is 13.8. The van der Waals surface area contributed by atoms with E-state index in [4.69, 9.17) is 9.84 Å². The zero-order chi connectivity index (χ0) is 16.1. The summed E-state index contributed by atoms with van der Waals surface area (Å²) in [5.74, 6) is -1.17. The number of halogens is 1. The topological polar surface area (TPSA) is 66.8 Å². The van der Waals surface area contributed by atoms with Crippen molar-refractivity contribution in [2.24, 2.45) is 0 Å². The van der Waals surface area contributed by atoms with E-state index < -0.39 is 18.2 Å². The number of alkyl halides is 1. The van der Waals surface area contributed by atoms with Crippen LogP contribution in [-0.2, 0) is 16.1 Å². The van der Waals surface area contributed by atoms with Crippen LogP contribution in [-0.4, -0.2) is 41.3 Å². The number of carbonyl (C=O) groups excluding carboxylic acids is 1. The summed E-state index contributed by atoms with van der Waals surface area (Å²) in [7, 11) is 0. The number of nitrogens with zero attached hydrogens (tertiary/aromatic N) is 1. The Morgan fingerprint density at radius 3 is 2.68 bits per heavy atom. The molecule has 1 aromatic carbocycles. The summed E-state index contributed by atoms with van der Waals surface area (Å²) in [5, 5.41) is 8.64. The highest BCUT2D eigenvalue weighted by Crippen LogP contribution is 2.20. The number of carboxylic acids is 1. The van der Waals surface area contributed by atoms with Gasteiger partial charge in [0.25, 0.3) is 0 Å². The largest absolute Gasteiger partial charge is 0.478 e. The fourth-order valence-corrected chi connectivity index (χ4v) is 2.23. The van der Waals surface area contributed by atoms with Crippen molar-refractivity contribution in [3.8, 4) is 0 Å². The van der Waals surface area contributed by atoms with Gasteiger partial charge in [-0.05, 0) is 24.5 Å². The molecular weight excluding hydrogens is 289 g/mol. The summed E-state index contributed by atoms with van der Waals surface area (Å²) >= 11 is 0. The molecule has 22 heavy (non-hydrogen) atoms. The van der Waals surface area contributed by atoms with Crippen LogP contribution >= 0.6 is 0 Å². The molecule has 5 nitrogen and oxygen atoms in total. The summed E-state index contributed by atoms with van der Waals surface area (Å²) in [6, 6.07) is 7.57. The first-order valence-corrected chi connectivity index (χ1v) is 7.00. The van der Waals surface area contributed by atoms with Crippen molar-refractivity contribution < 1.29 is 23.8 Å². The standard InChI is InChI=1S/C16H18FNO4/c1-11-2-4-12(5-3-11)10-22-16(21)18-7-6-13(8-15(19)20)14(17)9-18/h2-5,8,14H,6-7,9-10H2,1H3,(H,19,20)/b13-8+. The lowest BCUT2D eigenvalue weighted by atomic mass is 10.0. The average molecular weight is 307 g/mol. The number of amides is 1. The Morgan fingerprint density at radius 2 is 2.09 bits per heavy atom. The molecule has 1 aliphatic rings. The Hall–Kier alpha value is -2.37. The number of carbonyl (C=O) groups is 2. The Labute approximate surface area is 128 Å². The van der Waals surface area contributed by atoms with Crippen LogP contribution in [0.3, 0.4) is 0 Å². The van der Waals surface area contributed by atoms with E-state index in [2.05, 4.69) is 0 Å². The first-order valence-electron chi connectivity index (χ1n) is 7.00. The third kappa shape index (κ3) is 4.31. The van der Waals surface area contributed by atoms with Crippen LogP contribution in [0.5, 0.6) is 0 Å². The number of hydrogen-bond acceptors (Lipinski definition) is 3. The van der Waals surface area contributed by atoms with Gasteiger partial charge in [-0.25, -0.2) is 14.0 Å². The normalized spacial score (nSPS) is 20.0. The summed E-state index contributed by atoms with van der Waals surface area (Å²) < 4.78 is 19.0. The van der Waals surface area contributed by atoms with Crippen LogP contribution in [0.1, 0.15) is 17.5 Å². The predicted molar refractivity (Wildman–Crippen MR) is 78.2 cm³/mol. The number of piperidine rings is 1. The first kappa shape index (κ1) is 16.0. The van der Waals surface area contributed by atoms with E-state index in [-0.39, 0.29) is 31.7 Å². The van der Waals surface area contributed by atoms with Gasteiger partial charge in [-0.2, -0.15) is 0 Å². The lowest BCUT2D eigenvalue weighted by molar-refractivity contribution is -0.131. The highest BCUT2D eigenvalue weighted by molar-refractivity contribution is 5.81. The zero-order valence-corrected chi connectivity index (χ0v) is 12.3. The van der Waals surface area contributed by atoms with Crippen molar-refractivity contribution in [1.82, 2.24) is 4.90 Å². The van der Waals surface area contributed by atoms with Gasteiger partial charge in [0, 0.05) is 12.6 Å². The van der Waals surface area contributed by atoms with Crippen LogP contribution in [0, 0.1) is 6.92 Å². The van der Waals surface area contributed by atoms with E-state index in [1.807, 2.05) is 31.2 Å². The number of ether oxygens (including phenoxy) is 1. The Bertz CT molecular complexity index is 582. The van der Waals surface area contributed by atoms with Crippen LogP contribution < -0.4 is 0 Å². The van der Waals surface area contributed by atoms with Crippen molar-refractivity contribution in [2.45, 2.75) is 26.1 Å². The van der Waals surface area contributed by atoms with E-state index in [0.717, 1.165) is 17.2 Å². The van der Waals surface area contributed by atoms with Gasteiger partial charge in [-0.1, -0.05) is 29.8 Å². The third-order valence-electron chi connectivity index (χ3n) is 3.50. The second-order valence-electron chi connectivity index (χ2n) is 5.26. The average Bonchev–Trinajstić information content (AvgIpc) is 2.48. The first-order chi connectivity index (χ1) is 10.5. The van der Waals surface area contributed by atoms with E-state index in [0.29, 0.717) is 0 Å². The molecule has 1 fully saturated rings. The molecule has 0 bridgehead atoms. The van der Waals surface area contributed by atoms with Gasteiger partial charge < -0.3 is 14.7 Å². The summed E-state index contributed by atoms with van der Waals surface area (Å²) in [6.45, 7) is 2.18. The van der Waals surface area contributed by atoms with Crippen molar-refractivity contribution >= 4 is 12.1 Å². The van der Waals surface area contributed by atoms with Gasteiger partial charge in [0.05, 0.1) is 6.54 Å². The molecule has 1 heterocycles. The molecule has 1 amide bonds. The third-order valence-corrected chi connectivity index (χ3v) is 3.50. The summed E-state index contributed by atoms with van der Waals surface area (Å²) in [6.07, 6.45) is -0.971. The van der Waals surface area contributed by atoms with Gasteiger partial charge in [0.15, 0.2) is 0 Å². The van der Waals surface area contributed by atoms with E-state index in [1.165, 1.54) is 4.90 Å². The van der Waals surface area contributed by atoms with E-state index in [1.54, 1.807) is 0 Å². The quantitative estimate of drug-likeness (QED) is 0.872. The second-order valence-corrected chi connectivity index (χ2v) is 5.26. The molecule has 6 heteroatoms. The zero-order valence-electron chi connectivity index (χ0n) is 12.3. The maximum Gasteiger partial charge on any atom is 0.410 e. The fraction of sp³-hybridized carbons (Fsp3) is 0.375. The molecule has 0 aliphatic carbocycles. The van der Waals surface area contributed by atoms with Crippen molar-refractivity contribution in [3.63, 3.8) is 0 Å². The summed E-state index contributed by atoms with van der Waals surface area (Å²) in [4.78, 5) is 23.7. The molecule has 0 aromatic heterocycles. The highest BCUT2D eigenvalue weighted by Gasteiger charge is 2.28. The van der Waals surface area contributed by atoms with Gasteiger partial charge in [-0.3, -0.25) is 0 Å². The van der Waals surface area contributed by atoms with Gasteiger partial charge in [0.2, 0.25) is 0 Å². The van der Waals surface area contributed by atoms with Crippen LogP contribution in [0.2, 0.25) is 0 Å². The fourth-order valence-electron chi connectivity index (χ4n) is 2.23. The van der Waals surface area contributed by atoms with Crippen molar-refractivity contribution in [2.75, 3.05) is 13.1 Å². The number of likely N-dealkylation sites (tertiary alicyclic amines) is 1. The highest BCUT2D eigenvalue weighted by atomic mass is 19.1. The number of benzene rings is 1. The Balaban J connectivity index is 1.86. The minimum absolute atomic E-state index is 0.129. The molecule has 1 saturated heterocycles. The number of rotatable bonds is 3. The number of aryl methyl sites for hydroxylation is 1. The van der Waals surface area contributed by atoms with E-state index in [9.17, 15) is 14.0 Å².